The Bertz CT molecular complexity index is 2010. The smallest absolute Gasteiger partial charge is 0.261 e. The van der Waals surface area contributed by atoms with Gasteiger partial charge in [0.2, 0.25) is 11.8 Å². The lowest BCUT2D eigenvalue weighted by molar-refractivity contribution is -0.140. The van der Waals surface area contributed by atoms with Crippen LogP contribution in [0.2, 0.25) is 5.04 Å². The first-order valence-electron chi connectivity index (χ1n) is 20.0. The Morgan fingerprint density at radius 1 is 0.893 bits per heavy atom. The summed E-state index contributed by atoms with van der Waals surface area (Å²) in [5.41, 5.74) is 5.96. The fraction of sp³-hybridized carbons (Fsp3) is 0.375. The maximum absolute atomic E-state index is 14.0. The zero-order valence-corrected chi connectivity index (χ0v) is 34.7. The minimum absolute atomic E-state index is 0.155. The van der Waals surface area contributed by atoms with E-state index in [-0.39, 0.29) is 42.2 Å². The molecule has 1 fully saturated rings. The van der Waals surface area contributed by atoms with Gasteiger partial charge in [-0.1, -0.05) is 125 Å². The number of aliphatic hydroxyl groups is 2. The van der Waals surface area contributed by atoms with Crippen molar-refractivity contribution >= 4 is 42.2 Å². The van der Waals surface area contributed by atoms with Gasteiger partial charge in [-0.25, -0.2) is 0 Å². The third-order valence-corrected chi connectivity index (χ3v) is 16.8. The Kier molecular flexibility index (Phi) is 12.7. The van der Waals surface area contributed by atoms with Crippen molar-refractivity contribution in [3.63, 3.8) is 0 Å². The first kappa shape index (κ1) is 41.0. The van der Waals surface area contributed by atoms with Crippen molar-refractivity contribution in [2.45, 2.75) is 78.4 Å². The molecule has 1 heterocycles. The standard InChI is InChI=1S/C48H57NO6Si/c1-7-25-49-46(53)40-29-37(31-55-56(48(4,5)6,38-19-13-9-14-20-38)39-21-15-10-16-22-39)43(41(30-50)44(40)47(49)54)42(51)24-23-36(35-17-11-8-12-18-35)28-34-26-32(2)45(52)33(3)27-34/h8-22,26-28,40-42,44,50-52H,7,23-25,29-31H2,1-6H3/b36-28-/t40-,41+,42-,44-/m1/s1. The van der Waals surface area contributed by atoms with E-state index >= 15 is 0 Å². The maximum atomic E-state index is 14.0. The number of nitrogens with zero attached hydrogens (tertiary/aromatic N) is 1. The highest BCUT2D eigenvalue weighted by atomic mass is 28.4. The van der Waals surface area contributed by atoms with Gasteiger partial charge in [0.25, 0.3) is 8.32 Å². The molecule has 0 bridgehead atoms. The summed E-state index contributed by atoms with van der Waals surface area (Å²) < 4.78 is 7.42. The van der Waals surface area contributed by atoms with Crippen LogP contribution < -0.4 is 10.4 Å². The summed E-state index contributed by atoms with van der Waals surface area (Å²) in [5.74, 6) is -2.29. The molecular weight excluding hydrogens is 715 g/mol. The molecule has 0 unspecified atom stereocenters. The lowest BCUT2D eigenvalue weighted by Crippen LogP contribution is -2.66. The first-order chi connectivity index (χ1) is 26.8. The number of carbonyl (C=O) groups excluding carboxylic acids is 2. The number of likely N-dealkylation sites (tertiary alicyclic amines) is 1. The number of phenolic OH excluding ortho intramolecular Hbond substituents is 1. The van der Waals surface area contributed by atoms with Crippen molar-refractivity contribution in [1.29, 1.82) is 0 Å². The molecule has 7 nitrogen and oxygen atoms in total. The number of aliphatic hydroxyl groups excluding tert-OH is 2. The zero-order valence-electron chi connectivity index (χ0n) is 33.7. The van der Waals surface area contributed by atoms with E-state index in [2.05, 4.69) is 51.1 Å². The Balaban J connectivity index is 1.44. The first-order valence-corrected chi connectivity index (χ1v) is 21.9. The summed E-state index contributed by atoms with van der Waals surface area (Å²) in [7, 11) is -3.02. The molecule has 0 radical (unpaired) electrons. The van der Waals surface area contributed by atoms with Crippen LogP contribution in [0.1, 0.15) is 75.6 Å². The van der Waals surface area contributed by atoms with Gasteiger partial charge < -0.3 is 19.7 Å². The van der Waals surface area contributed by atoms with Crippen LogP contribution in [-0.2, 0) is 14.0 Å². The largest absolute Gasteiger partial charge is 0.507 e. The third-order valence-electron chi connectivity index (χ3n) is 11.8. The zero-order chi connectivity index (χ0) is 40.2. The highest BCUT2D eigenvalue weighted by Crippen LogP contribution is 2.47. The van der Waals surface area contributed by atoms with Gasteiger partial charge >= 0.3 is 0 Å². The molecule has 6 rings (SSSR count). The van der Waals surface area contributed by atoms with Crippen LogP contribution in [0.5, 0.6) is 5.75 Å². The Labute approximate surface area is 333 Å². The number of allylic oxidation sites excluding steroid dienone is 1. The van der Waals surface area contributed by atoms with Gasteiger partial charge in [0, 0.05) is 12.5 Å². The minimum Gasteiger partial charge on any atom is -0.507 e. The van der Waals surface area contributed by atoms with E-state index in [1.54, 1.807) is 0 Å². The monoisotopic (exact) mass is 771 g/mol. The van der Waals surface area contributed by atoms with Gasteiger partial charge in [0.1, 0.15) is 5.75 Å². The molecular formula is C48H57NO6Si. The van der Waals surface area contributed by atoms with Gasteiger partial charge in [-0.05, 0) is 106 Å². The molecule has 1 saturated heterocycles. The number of fused-ring (bicyclic) bond motifs is 1. The van der Waals surface area contributed by atoms with Crippen LogP contribution in [0.15, 0.2) is 114 Å². The van der Waals surface area contributed by atoms with E-state index in [1.807, 2.05) is 99.6 Å². The van der Waals surface area contributed by atoms with Gasteiger partial charge in [-0.2, -0.15) is 0 Å². The van der Waals surface area contributed by atoms with E-state index in [4.69, 9.17) is 4.43 Å². The lowest BCUT2D eigenvalue weighted by atomic mass is 9.68. The van der Waals surface area contributed by atoms with Gasteiger partial charge in [0.15, 0.2) is 0 Å². The molecule has 4 atom stereocenters. The second kappa shape index (κ2) is 17.3. The van der Waals surface area contributed by atoms with Crippen molar-refractivity contribution in [3.05, 3.63) is 137 Å². The number of carbonyl (C=O) groups is 2. The van der Waals surface area contributed by atoms with Crippen molar-refractivity contribution < 1.29 is 29.3 Å². The summed E-state index contributed by atoms with van der Waals surface area (Å²) in [6.45, 7) is 12.5. The average molecular weight is 772 g/mol. The van der Waals surface area contributed by atoms with E-state index in [0.29, 0.717) is 31.4 Å². The molecule has 2 aliphatic rings. The number of phenols is 1. The number of hydrogen-bond donors (Lipinski definition) is 3. The molecule has 4 aromatic carbocycles. The van der Waals surface area contributed by atoms with Crippen LogP contribution in [0, 0.1) is 31.6 Å². The number of aryl methyl sites for hydroxylation is 2. The van der Waals surface area contributed by atoms with Crippen molar-refractivity contribution in [3.8, 4) is 5.75 Å². The van der Waals surface area contributed by atoms with Crippen LogP contribution in [0.3, 0.4) is 0 Å². The number of hydrogen-bond acceptors (Lipinski definition) is 6. The number of imide groups is 1. The molecule has 3 N–H and O–H groups in total. The Morgan fingerprint density at radius 3 is 1.96 bits per heavy atom. The van der Waals surface area contributed by atoms with Crippen molar-refractivity contribution in [1.82, 2.24) is 4.90 Å². The van der Waals surface area contributed by atoms with E-state index in [1.165, 1.54) is 4.90 Å². The molecule has 4 aromatic rings. The van der Waals surface area contributed by atoms with Crippen LogP contribution in [-0.4, -0.2) is 66.2 Å². The molecule has 8 heteroatoms. The van der Waals surface area contributed by atoms with Crippen molar-refractivity contribution in [2.75, 3.05) is 19.8 Å². The fourth-order valence-corrected chi connectivity index (χ4v) is 13.8. The van der Waals surface area contributed by atoms with E-state index in [0.717, 1.165) is 43.8 Å². The highest BCUT2D eigenvalue weighted by Gasteiger charge is 2.56. The predicted octanol–water partition coefficient (Wildman–Crippen LogP) is 7.59. The van der Waals surface area contributed by atoms with Gasteiger partial charge in [0.05, 0.1) is 31.2 Å². The molecule has 0 spiro atoms. The second-order valence-electron chi connectivity index (χ2n) is 16.6. The minimum atomic E-state index is -3.02. The van der Waals surface area contributed by atoms with Crippen LogP contribution in [0.4, 0.5) is 0 Å². The predicted molar refractivity (Wildman–Crippen MR) is 227 cm³/mol. The Hall–Kier alpha value is -4.60. The van der Waals surface area contributed by atoms with Gasteiger partial charge in [-0.15, -0.1) is 0 Å². The number of rotatable bonds is 14. The van der Waals surface area contributed by atoms with Gasteiger partial charge in [-0.3, -0.25) is 14.5 Å². The SMILES string of the molecule is CCCN1C(=O)[C@@H]2[C@@H](CC(CO[Si](c3ccccc3)(c3ccccc3)C(C)(C)C)=C([C@H](O)CC/C(=C/c3cc(C)c(O)c(C)c3)c3ccccc3)[C@@H]2CO)C1=O. The molecule has 0 saturated carbocycles. The van der Waals surface area contributed by atoms with Crippen molar-refractivity contribution in [2.24, 2.45) is 17.8 Å². The third kappa shape index (κ3) is 7.98. The maximum Gasteiger partial charge on any atom is 0.261 e. The van der Waals surface area contributed by atoms with Crippen LogP contribution >= 0.6 is 0 Å². The van der Waals surface area contributed by atoms with E-state index in [9.17, 15) is 24.9 Å². The number of amides is 2. The molecule has 2 amide bonds. The normalized spacial score (nSPS) is 19.8. The quantitative estimate of drug-likeness (QED) is 0.0528. The second-order valence-corrected chi connectivity index (χ2v) is 20.9. The Morgan fingerprint density at radius 2 is 1.45 bits per heavy atom. The molecule has 1 aliphatic heterocycles. The number of benzene rings is 4. The highest BCUT2D eigenvalue weighted by molar-refractivity contribution is 6.99. The molecule has 56 heavy (non-hydrogen) atoms. The van der Waals surface area contributed by atoms with Crippen LogP contribution in [0.25, 0.3) is 11.6 Å². The fourth-order valence-electron chi connectivity index (χ4n) is 9.23. The summed E-state index contributed by atoms with van der Waals surface area (Å²) >= 11 is 0. The molecule has 294 valence electrons. The summed E-state index contributed by atoms with van der Waals surface area (Å²) in [5, 5.41) is 35.9. The topological polar surface area (TPSA) is 107 Å². The summed E-state index contributed by atoms with van der Waals surface area (Å²) in [6, 6.07) is 34.7. The average Bonchev–Trinajstić information content (AvgIpc) is 3.43. The number of aromatic hydroxyl groups is 1. The summed E-state index contributed by atoms with van der Waals surface area (Å²) in [6.07, 6.45) is 2.84. The molecule has 1 aliphatic carbocycles. The summed E-state index contributed by atoms with van der Waals surface area (Å²) in [4.78, 5) is 29.3. The van der Waals surface area contributed by atoms with E-state index < -0.39 is 32.2 Å². The lowest BCUT2D eigenvalue weighted by Gasteiger charge is -2.44. The molecule has 0 aromatic heterocycles.